The van der Waals surface area contributed by atoms with Gasteiger partial charge < -0.3 is 9.13 Å². The van der Waals surface area contributed by atoms with Gasteiger partial charge in [0.05, 0.1) is 33.5 Å². The quantitative estimate of drug-likeness (QED) is 0.156. The van der Waals surface area contributed by atoms with E-state index in [-0.39, 0.29) is 0 Å². The molecule has 0 aliphatic heterocycles. The van der Waals surface area contributed by atoms with E-state index in [1.54, 1.807) is 0 Å². The molecule has 3 heterocycles. The van der Waals surface area contributed by atoms with Gasteiger partial charge in [-0.25, -0.2) is 9.97 Å². The van der Waals surface area contributed by atoms with Crippen molar-refractivity contribution in [1.82, 2.24) is 19.1 Å². The number of rotatable bonds is 6. The normalized spacial score (nSPS) is 12.0. The van der Waals surface area contributed by atoms with Crippen molar-refractivity contribution >= 4 is 97.5 Å². The molecule has 16 rings (SSSR count). The first kappa shape index (κ1) is 43.3. The fourth-order valence-corrected chi connectivity index (χ4v) is 12.6. The van der Waals surface area contributed by atoms with E-state index in [9.17, 15) is 0 Å². The number of fused-ring (bicyclic) bond motifs is 15. The fourth-order valence-electron chi connectivity index (χ4n) is 12.6. The summed E-state index contributed by atoms with van der Waals surface area (Å²) < 4.78 is 4.89. The largest absolute Gasteiger partial charge is 0.309 e. The van der Waals surface area contributed by atoms with Crippen molar-refractivity contribution < 1.29 is 0 Å². The van der Waals surface area contributed by atoms with Gasteiger partial charge in [-0.3, -0.25) is 0 Å². The van der Waals surface area contributed by atoms with Crippen LogP contribution < -0.4 is 0 Å². The van der Waals surface area contributed by atoms with E-state index in [4.69, 9.17) is 9.97 Å². The Hall–Kier alpha value is -10.2. The number of hydrogen-bond donors (Lipinski definition) is 0. The smallest absolute Gasteiger partial charge is 0.160 e. The summed E-state index contributed by atoms with van der Waals surface area (Å²) in [6, 6.07) is 95.2. The number of para-hydroxylation sites is 2. The minimum atomic E-state index is 0.680. The van der Waals surface area contributed by atoms with Gasteiger partial charge in [0.15, 0.2) is 5.82 Å². The summed E-state index contributed by atoms with van der Waals surface area (Å²) in [6.45, 7) is 2.17. The molecule has 4 heteroatoms. The van der Waals surface area contributed by atoms with Gasteiger partial charge in [0.25, 0.3) is 0 Å². The summed E-state index contributed by atoms with van der Waals surface area (Å²) in [5.41, 5.74) is 15.2. The second-order valence-corrected chi connectivity index (χ2v) is 20.5. The third-order valence-electron chi connectivity index (χ3n) is 16.2. The zero-order valence-electron chi connectivity index (χ0n) is 42.1. The third kappa shape index (κ3) is 6.72. The minimum Gasteiger partial charge on any atom is -0.309 e. The molecule has 0 atom stereocenters. The van der Waals surface area contributed by atoms with E-state index in [1.165, 1.54) is 86.7 Å². The summed E-state index contributed by atoms with van der Waals surface area (Å²) in [4.78, 5) is 11.1. The predicted octanol–water partition coefficient (Wildman–Crippen LogP) is 19.4. The zero-order chi connectivity index (χ0) is 50.7. The van der Waals surface area contributed by atoms with Crippen molar-refractivity contribution in [2.45, 2.75) is 6.92 Å². The maximum atomic E-state index is 5.57. The number of aromatic nitrogens is 4. The zero-order valence-corrected chi connectivity index (χ0v) is 42.1. The minimum absolute atomic E-state index is 0.680. The van der Waals surface area contributed by atoms with E-state index < -0.39 is 0 Å². The molecule has 0 saturated heterocycles. The van der Waals surface area contributed by atoms with Crippen LogP contribution in [0.1, 0.15) is 5.56 Å². The molecule has 3 aromatic heterocycles. The summed E-state index contributed by atoms with van der Waals surface area (Å²) >= 11 is 0. The van der Waals surface area contributed by atoms with Crippen molar-refractivity contribution in [3.05, 3.63) is 266 Å². The van der Waals surface area contributed by atoms with Crippen LogP contribution in [0, 0.1) is 6.92 Å². The number of hydrogen-bond acceptors (Lipinski definition) is 2. The monoisotopic (exact) mass is 978 g/mol. The Bertz CT molecular complexity index is 5050. The second-order valence-electron chi connectivity index (χ2n) is 20.5. The van der Waals surface area contributed by atoms with Crippen molar-refractivity contribution in [1.29, 1.82) is 0 Å². The van der Waals surface area contributed by atoms with Crippen LogP contribution in [0.25, 0.3) is 154 Å². The Morgan fingerprint density at radius 1 is 0.273 bits per heavy atom. The van der Waals surface area contributed by atoms with Crippen LogP contribution in [0.5, 0.6) is 0 Å². The average molecular weight is 979 g/mol. The van der Waals surface area contributed by atoms with Crippen LogP contribution in [0.2, 0.25) is 0 Å². The fraction of sp³-hybridized carbons (Fsp3) is 0.0137. The van der Waals surface area contributed by atoms with Gasteiger partial charge >= 0.3 is 0 Å². The Kier molecular flexibility index (Phi) is 9.52. The molecule has 0 fully saturated rings. The highest BCUT2D eigenvalue weighted by molar-refractivity contribution is 6.34. The first-order chi connectivity index (χ1) is 38.1. The van der Waals surface area contributed by atoms with Gasteiger partial charge in [0.2, 0.25) is 0 Å². The van der Waals surface area contributed by atoms with Gasteiger partial charge in [-0.1, -0.05) is 200 Å². The maximum absolute atomic E-state index is 5.57. The van der Waals surface area contributed by atoms with E-state index in [0.717, 1.165) is 66.9 Å². The van der Waals surface area contributed by atoms with E-state index >= 15 is 0 Å². The van der Waals surface area contributed by atoms with E-state index in [0.29, 0.717) is 5.82 Å². The summed E-state index contributed by atoms with van der Waals surface area (Å²) in [5, 5.41) is 17.1. The van der Waals surface area contributed by atoms with Crippen LogP contribution >= 0.6 is 0 Å². The lowest BCUT2D eigenvalue weighted by molar-refractivity contribution is 1.15. The highest BCUT2D eigenvalue weighted by atomic mass is 15.0. The lowest BCUT2D eigenvalue weighted by atomic mass is 9.93. The molecule has 0 radical (unpaired) electrons. The van der Waals surface area contributed by atoms with Crippen LogP contribution in [0.3, 0.4) is 0 Å². The molecule has 0 N–H and O–H groups in total. The molecular formula is C73H46N4. The van der Waals surface area contributed by atoms with Crippen molar-refractivity contribution in [2.24, 2.45) is 0 Å². The lowest BCUT2D eigenvalue weighted by Crippen LogP contribution is -2.01. The Morgan fingerprint density at radius 3 is 1.57 bits per heavy atom. The number of nitrogens with zero attached hydrogens (tertiary/aromatic N) is 4. The maximum Gasteiger partial charge on any atom is 0.160 e. The van der Waals surface area contributed by atoms with Crippen LogP contribution in [0.15, 0.2) is 261 Å². The Morgan fingerprint density at radius 2 is 0.805 bits per heavy atom. The molecular weight excluding hydrogens is 933 g/mol. The summed E-state index contributed by atoms with van der Waals surface area (Å²) in [6.07, 6.45) is 0. The molecule has 0 spiro atoms. The first-order valence-electron chi connectivity index (χ1n) is 26.5. The Balaban J connectivity index is 0.917. The molecule has 0 aliphatic carbocycles. The molecule has 16 aromatic rings. The van der Waals surface area contributed by atoms with E-state index in [2.05, 4.69) is 277 Å². The lowest BCUT2D eigenvalue weighted by Gasteiger charge is -2.16. The third-order valence-corrected chi connectivity index (χ3v) is 16.2. The van der Waals surface area contributed by atoms with Gasteiger partial charge in [-0.2, -0.15) is 0 Å². The first-order valence-corrected chi connectivity index (χ1v) is 26.5. The van der Waals surface area contributed by atoms with Gasteiger partial charge in [-0.05, 0) is 127 Å². The molecule has 13 aromatic carbocycles. The highest BCUT2D eigenvalue weighted by Gasteiger charge is 2.22. The standard InChI is InChI=1S/C73H46N4/c1-45-70(49-31-28-47(29-32-49)46-16-4-2-5-17-46)74-73(75-71(45)52-35-39-67-64(43-52)60-25-14-15-27-66(60)76(67)55-20-6-3-7-21-55)53-33-30-48-34-36-56(41-54(48)40-53)77-68-44-51-19-9-8-18-50(51)42-65(68)63-38-37-62-59-24-11-10-22-57(59)58-23-12-13-26-61(58)69(62)72(63)77/h2-44H,1H3. The van der Waals surface area contributed by atoms with E-state index in [1.807, 2.05) is 0 Å². The molecule has 0 amide bonds. The molecule has 358 valence electrons. The summed E-state index contributed by atoms with van der Waals surface area (Å²) in [7, 11) is 0. The Labute approximate surface area is 444 Å². The van der Waals surface area contributed by atoms with Gasteiger partial charge in [0, 0.05) is 60.6 Å². The molecule has 4 nitrogen and oxygen atoms in total. The molecule has 0 unspecified atom stereocenters. The molecule has 0 bridgehead atoms. The van der Waals surface area contributed by atoms with Gasteiger partial charge in [0.1, 0.15) is 0 Å². The molecule has 77 heavy (non-hydrogen) atoms. The highest BCUT2D eigenvalue weighted by Crippen LogP contribution is 2.45. The summed E-state index contributed by atoms with van der Waals surface area (Å²) in [5.74, 6) is 0.680. The molecule has 0 aliphatic rings. The van der Waals surface area contributed by atoms with Crippen molar-refractivity contribution in [2.75, 3.05) is 0 Å². The van der Waals surface area contributed by atoms with Crippen LogP contribution in [-0.4, -0.2) is 19.1 Å². The van der Waals surface area contributed by atoms with Crippen molar-refractivity contribution in [3.63, 3.8) is 0 Å². The van der Waals surface area contributed by atoms with Crippen LogP contribution in [-0.2, 0) is 0 Å². The van der Waals surface area contributed by atoms with Crippen LogP contribution in [0.4, 0.5) is 0 Å². The predicted molar refractivity (Wildman–Crippen MR) is 325 cm³/mol. The van der Waals surface area contributed by atoms with Gasteiger partial charge in [-0.15, -0.1) is 0 Å². The average Bonchev–Trinajstić information content (AvgIpc) is 4.16. The molecule has 0 saturated carbocycles. The number of benzene rings is 13. The second kappa shape index (κ2) is 16.9. The topological polar surface area (TPSA) is 35.6 Å². The van der Waals surface area contributed by atoms with Crippen molar-refractivity contribution in [3.8, 4) is 56.4 Å². The SMILES string of the molecule is Cc1c(-c2ccc(-c3ccccc3)cc2)nc(-c2ccc3ccc(-n4c5cc6ccccc6cc5c5ccc6c7ccccc7c7ccccc7c6c54)cc3c2)nc1-c1ccc2c(c1)c1ccccc1n2-c1ccccc1.